The van der Waals surface area contributed by atoms with Gasteiger partial charge in [-0.2, -0.15) is 9.37 Å². The van der Waals surface area contributed by atoms with Crippen molar-refractivity contribution in [1.29, 1.82) is 0 Å². The molecule has 2 aliphatic rings. The minimum absolute atomic E-state index is 0.483. The molecule has 4 heteroatoms. The SMILES string of the molecule is Fc1cncc(N2CCCC3(CC3)C2)n1. The van der Waals surface area contributed by atoms with Crippen LogP contribution in [0.25, 0.3) is 0 Å². The summed E-state index contributed by atoms with van der Waals surface area (Å²) in [5, 5.41) is 0. The van der Waals surface area contributed by atoms with Crippen molar-refractivity contribution in [3.63, 3.8) is 0 Å². The Labute approximate surface area is 88.3 Å². The minimum Gasteiger partial charge on any atom is -0.355 e. The lowest BCUT2D eigenvalue weighted by atomic mass is 9.95. The highest BCUT2D eigenvalue weighted by atomic mass is 19.1. The Kier molecular flexibility index (Phi) is 1.90. The van der Waals surface area contributed by atoms with Crippen LogP contribution in [0.4, 0.5) is 10.2 Å². The molecule has 0 aromatic carbocycles. The number of hydrogen-bond donors (Lipinski definition) is 0. The number of rotatable bonds is 1. The van der Waals surface area contributed by atoms with Crippen LogP contribution in [0.1, 0.15) is 25.7 Å². The summed E-state index contributed by atoms with van der Waals surface area (Å²) < 4.78 is 12.9. The van der Waals surface area contributed by atoms with Crippen LogP contribution in [0.3, 0.4) is 0 Å². The molecule has 0 bridgehead atoms. The second-order valence-corrected chi connectivity index (χ2v) is 4.73. The molecule has 1 saturated carbocycles. The van der Waals surface area contributed by atoms with Crippen LogP contribution in [-0.4, -0.2) is 23.1 Å². The molecule has 0 N–H and O–H groups in total. The first kappa shape index (κ1) is 9.07. The molecular formula is C11H14FN3. The molecular weight excluding hydrogens is 193 g/mol. The highest BCUT2D eigenvalue weighted by Crippen LogP contribution is 2.52. The molecule has 1 aromatic heterocycles. The van der Waals surface area contributed by atoms with Crippen LogP contribution in [0.5, 0.6) is 0 Å². The maximum Gasteiger partial charge on any atom is 0.233 e. The van der Waals surface area contributed by atoms with Gasteiger partial charge in [0.1, 0.15) is 5.82 Å². The molecule has 0 amide bonds. The van der Waals surface area contributed by atoms with E-state index in [0.717, 1.165) is 19.3 Å². The molecule has 80 valence electrons. The van der Waals surface area contributed by atoms with Gasteiger partial charge < -0.3 is 4.90 Å². The minimum atomic E-state index is -0.483. The summed E-state index contributed by atoms with van der Waals surface area (Å²) in [7, 11) is 0. The third-order valence-corrected chi connectivity index (χ3v) is 3.53. The van der Waals surface area contributed by atoms with Gasteiger partial charge in [0, 0.05) is 13.1 Å². The number of nitrogens with zero attached hydrogens (tertiary/aromatic N) is 3. The fourth-order valence-corrected chi connectivity index (χ4v) is 2.47. The topological polar surface area (TPSA) is 29.0 Å². The van der Waals surface area contributed by atoms with E-state index in [2.05, 4.69) is 14.9 Å². The van der Waals surface area contributed by atoms with E-state index in [9.17, 15) is 4.39 Å². The van der Waals surface area contributed by atoms with Crippen LogP contribution in [0.15, 0.2) is 12.4 Å². The van der Waals surface area contributed by atoms with Gasteiger partial charge in [-0.3, -0.25) is 4.98 Å². The summed E-state index contributed by atoms with van der Waals surface area (Å²) in [4.78, 5) is 9.91. The van der Waals surface area contributed by atoms with Crippen molar-refractivity contribution in [3.8, 4) is 0 Å². The molecule has 0 unspecified atom stereocenters. The molecule has 1 saturated heterocycles. The summed E-state index contributed by atoms with van der Waals surface area (Å²) in [5.74, 6) is 0.212. The maximum atomic E-state index is 12.9. The number of halogens is 1. The number of aromatic nitrogens is 2. The first-order valence-electron chi connectivity index (χ1n) is 5.50. The van der Waals surface area contributed by atoms with E-state index < -0.39 is 5.95 Å². The molecule has 15 heavy (non-hydrogen) atoms. The summed E-state index contributed by atoms with van der Waals surface area (Å²) in [6, 6.07) is 0. The Morgan fingerprint density at radius 2 is 2.13 bits per heavy atom. The smallest absolute Gasteiger partial charge is 0.233 e. The molecule has 3 nitrogen and oxygen atoms in total. The van der Waals surface area contributed by atoms with Crippen molar-refractivity contribution in [3.05, 3.63) is 18.3 Å². The first-order valence-corrected chi connectivity index (χ1v) is 5.50. The quantitative estimate of drug-likeness (QED) is 0.705. The first-order chi connectivity index (χ1) is 7.27. The van der Waals surface area contributed by atoms with E-state index in [-0.39, 0.29) is 0 Å². The van der Waals surface area contributed by atoms with Crippen molar-refractivity contribution in [2.45, 2.75) is 25.7 Å². The summed E-state index contributed by atoms with van der Waals surface area (Å²) in [5.41, 5.74) is 0.534. The average molecular weight is 207 g/mol. The predicted molar refractivity (Wildman–Crippen MR) is 55.1 cm³/mol. The van der Waals surface area contributed by atoms with E-state index in [4.69, 9.17) is 0 Å². The van der Waals surface area contributed by atoms with Gasteiger partial charge >= 0.3 is 0 Å². The van der Waals surface area contributed by atoms with E-state index in [1.54, 1.807) is 6.20 Å². The van der Waals surface area contributed by atoms with Gasteiger partial charge in [-0.05, 0) is 31.1 Å². The fourth-order valence-electron chi connectivity index (χ4n) is 2.47. The zero-order chi connectivity index (χ0) is 10.3. The van der Waals surface area contributed by atoms with Gasteiger partial charge in [-0.1, -0.05) is 0 Å². The number of hydrogen-bond acceptors (Lipinski definition) is 3. The van der Waals surface area contributed by atoms with Crippen molar-refractivity contribution < 1.29 is 4.39 Å². The zero-order valence-corrected chi connectivity index (χ0v) is 8.62. The third-order valence-electron chi connectivity index (χ3n) is 3.53. The van der Waals surface area contributed by atoms with Crippen LogP contribution in [0, 0.1) is 11.4 Å². The molecule has 2 heterocycles. The standard InChI is InChI=1S/C11H14FN3/c12-9-6-13-7-10(14-9)15-5-1-2-11(8-15)3-4-11/h6-7H,1-5,8H2. The van der Waals surface area contributed by atoms with E-state index >= 15 is 0 Å². The Morgan fingerprint density at radius 1 is 1.27 bits per heavy atom. The molecule has 1 aliphatic heterocycles. The second kappa shape index (κ2) is 3.15. The highest BCUT2D eigenvalue weighted by molar-refractivity contribution is 5.37. The molecule has 2 fully saturated rings. The average Bonchev–Trinajstić information content (AvgIpc) is 2.98. The van der Waals surface area contributed by atoms with E-state index in [1.807, 2.05) is 0 Å². The Bertz CT molecular complexity index is 376. The summed E-state index contributed by atoms with van der Waals surface area (Å²) in [6.45, 7) is 2.02. The normalized spacial score (nSPS) is 23.1. The Balaban J connectivity index is 1.81. The van der Waals surface area contributed by atoms with Crippen LogP contribution in [-0.2, 0) is 0 Å². The Hall–Kier alpha value is -1.19. The van der Waals surface area contributed by atoms with Gasteiger partial charge in [0.2, 0.25) is 5.95 Å². The lowest BCUT2D eigenvalue weighted by Gasteiger charge is -2.33. The van der Waals surface area contributed by atoms with E-state index in [1.165, 1.54) is 25.7 Å². The number of piperidine rings is 1. The second-order valence-electron chi connectivity index (χ2n) is 4.73. The maximum absolute atomic E-state index is 12.9. The lowest BCUT2D eigenvalue weighted by molar-refractivity contribution is 0.392. The van der Waals surface area contributed by atoms with Crippen molar-refractivity contribution in [2.24, 2.45) is 5.41 Å². The fraction of sp³-hybridized carbons (Fsp3) is 0.636. The van der Waals surface area contributed by atoms with Crippen LogP contribution in [0.2, 0.25) is 0 Å². The summed E-state index contributed by atoms with van der Waals surface area (Å²) >= 11 is 0. The summed E-state index contributed by atoms with van der Waals surface area (Å²) in [6.07, 6.45) is 7.98. The van der Waals surface area contributed by atoms with Gasteiger partial charge in [0.25, 0.3) is 0 Å². The third kappa shape index (κ3) is 1.68. The van der Waals surface area contributed by atoms with Crippen LogP contribution >= 0.6 is 0 Å². The monoisotopic (exact) mass is 207 g/mol. The molecule has 1 aromatic rings. The largest absolute Gasteiger partial charge is 0.355 e. The van der Waals surface area contributed by atoms with Crippen molar-refractivity contribution >= 4 is 5.82 Å². The highest BCUT2D eigenvalue weighted by Gasteiger charge is 2.45. The number of anilines is 1. The lowest BCUT2D eigenvalue weighted by Crippen LogP contribution is -2.37. The van der Waals surface area contributed by atoms with Crippen molar-refractivity contribution in [1.82, 2.24) is 9.97 Å². The molecule has 0 radical (unpaired) electrons. The molecule has 1 aliphatic carbocycles. The van der Waals surface area contributed by atoms with Crippen LogP contribution < -0.4 is 4.90 Å². The molecule has 1 spiro atoms. The van der Waals surface area contributed by atoms with Gasteiger partial charge in [-0.15, -0.1) is 0 Å². The van der Waals surface area contributed by atoms with Gasteiger partial charge in [0.05, 0.1) is 12.4 Å². The zero-order valence-electron chi connectivity index (χ0n) is 8.62. The molecule has 3 rings (SSSR count). The van der Waals surface area contributed by atoms with Gasteiger partial charge in [-0.25, -0.2) is 0 Å². The van der Waals surface area contributed by atoms with Gasteiger partial charge in [0.15, 0.2) is 0 Å². The predicted octanol–water partition coefficient (Wildman–Crippen LogP) is 2.00. The Morgan fingerprint density at radius 3 is 2.87 bits per heavy atom. The molecule has 0 atom stereocenters. The van der Waals surface area contributed by atoms with Crippen molar-refractivity contribution in [2.75, 3.05) is 18.0 Å². The van der Waals surface area contributed by atoms with E-state index in [0.29, 0.717) is 11.2 Å².